The first kappa shape index (κ1) is 15.1. The molecule has 0 atom stereocenters. The largest absolute Gasteiger partial charge is 0.356 e. The van der Waals surface area contributed by atoms with E-state index in [0.29, 0.717) is 18.1 Å². The van der Waals surface area contributed by atoms with E-state index < -0.39 is 11.6 Å². The number of rotatable bonds is 6. The molecule has 21 heavy (non-hydrogen) atoms. The van der Waals surface area contributed by atoms with Gasteiger partial charge in [0.2, 0.25) is 11.8 Å². The highest BCUT2D eigenvalue weighted by molar-refractivity contribution is 5.75. The van der Waals surface area contributed by atoms with Crippen LogP contribution in [0.15, 0.2) is 22.7 Å². The molecule has 2 aromatic rings. The molecule has 0 bridgehead atoms. The summed E-state index contributed by atoms with van der Waals surface area (Å²) in [4.78, 5) is 15.6. The van der Waals surface area contributed by atoms with Crippen molar-refractivity contribution in [2.45, 2.75) is 26.2 Å². The van der Waals surface area contributed by atoms with Crippen molar-refractivity contribution < 1.29 is 18.1 Å². The van der Waals surface area contributed by atoms with Crippen molar-refractivity contribution in [3.05, 3.63) is 47.1 Å². The van der Waals surface area contributed by atoms with Crippen LogP contribution >= 0.6 is 0 Å². The van der Waals surface area contributed by atoms with Crippen molar-refractivity contribution >= 4 is 5.91 Å². The number of carbonyl (C=O) groups is 1. The van der Waals surface area contributed by atoms with Crippen molar-refractivity contribution in [3.63, 3.8) is 0 Å². The second-order valence-corrected chi connectivity index (χ2v) is 4.54. The van der Waals surface area contributed by atoms with Crippen LogP contribution in [0.1, 0.15) is 23.7 Å². The Kier molecular flexibility index (Phi) is 4.97. The highest BCUT2D eigenvalue weighted by Crippen LogP contribution is 2.12. The molecule has 0 spiro atoms. The minimum atomic E-state index is -0.606. The maximum atomic E-state index is 13.4. The Labute approximate surface area is 120 Å². The number of aromatic nitrogens is 2. The second kappa shape index (κ2) is 6.92. The van der Waals surface area contributed by atoms with E-state index >= 15 is 0 Å². The molecule has 1 N–H and O–H groups in total. The maximum absolute atomic E-state index is 13.4. The van der Waals surface area contributed by atoms with Gasteiger partial charge in [0.15, 0.2) is 5.82 Å². The molecule has 0 aliphatic heterocycles. The first-order chi connectivity index (χ1) is 10.1. The Hall–Kier alpha value is -2.31. The lowest BCUT2D eigenvalue weighted by Crippen LogP contribution is -2.26. The van der Waals surface area contributed by atoms with Gasteiger partial charge in [-0.05, 0) is 25.5 Å². The van der Waals surface area contributed by atoms with E-state index in [2.05, 4.69) is 15.5 Å². The lowest BCUT2D eigenvalue weighted by Gasteiger charge is -2.06. The third-order valence-electron chi connectivity index (χ3n) is 2.89. The summed E-state index contributed by atoms with van der Waals surface area (Å²) < 4.78 is 31.6. The minimum absolute atomic E-state index is 0.0228. The molecule has 5 nitrogen and oxygen atoms in total. The van der Waals surface area contributed by atoms with Crippen LogP contribution in [0.2, 0.25) is 0 Å². The molecule has 0 saturated carbocycles. The molecule has 1 aromatic carbocycles. The number of hydrogen-bond acceptors (Lipinski definition) is 4. The average Bonchev–Trinajstić information content (AvgIpc) is 2.85. The number of nitrogens with one attached hydrogen (secondary N) is 1. The zero-order valence-corrected chi connectivity index (χ0v) is 11.5. The molecule has 0 unspecified atom stereocenters. The van der Waals surface area contributed by atoms with Crippen LogP contribution in [0.25, 0.3) is 0 Å². The van der Waals surface area contributed by atoms with E-state index in [1.165, 1.54) is 18.2 Å². The smallest absolute Gasteiger partial charge is 0.227 e. The molecule has 0 radical (unpaired) electrons. The highest BCUT2D eigenvalue weighted by Gasteiger charge is 2.10. The number of hydrogen-bond donors (Lipinski definition) is 1. The third kappa shape index (κ3) is 4.34. The monoisotopic (exact) mass is 295 g/mol. The normalized spacial score (nSPS) is 10.6. The summed E-state index contributed by atoms with van der Waals surface area (Å²) in [5.41, 5.74) is -0.0228. The summed E-state index contributed by atoms with van der Waals surface area (Å²) in [7, 11) is 0. The van der Waals surface area contributed by atoms with Gasteiger partial charge in [-0.2, -0.15) is 4.98 Å². The van der Waals surface area contributed by atoms with Crippen LogP contribution < -0.4 is 5.32 Å². The molecule has 0 fully saturated rings. The van der Waals surface area contributed by atoms with Crippen molar-refractivity contribution in [1.29, 1.82) is 0 Å². The van der Waals surface area contributed by atoms with E-state index in [1.807, 2.05) is 0 Å². The lowest BCUT2D eigenvalue weighted by molar-refractivity contribution is -0.121. The van der Waals surface area contributed by atoms with Gasteiger partial charge in [0, 0.05) is 24.9 Å². The van der Waals surface area contributed by atoms with E-state index in [4.69, 9.17) is 4.52 Å². The van der Waals surface area contributed by atoms with Crippen LogP contribution in [-0.2, 0) is 17.6 Å². The lowest BCUT2D eigenvalue weighted by atomic mass is 10.1. The van der Waals surface area contributed by atoms with Gasteiger partial charge >= 0.3 is 0 Å². The van der Waals surface area contributed by atoms with Crippen molar-refractivity contribution in [2.24, 2.45) is 0 Å². The summed E-state index contributed by atoms with van der Waals surface area (Å²) in [6.07, 6.45) is 0.617. The zero-order chi connectivity index (χ0) is 15.2. The highest BCUT2D eigenvalue weighted by atomic mass is 19.1. The summed E-state index contributed by atoms with van der Waals surface area (Å²) in [5, 5.41) is 6.22. The van der Waals surface area contributed by atoms with Crippen molar-refractivity contribution in [1.82, 2.24) is 15.5 Å². The fourth-order valence-electron chi connectivity index (χ4n) is 1.85. The van der Waals surface area contributed by atoms with Crippen LogP contribution in [0.3, 0.4) is 0 Å². The molecule has 1 amide bonds. The van der Waals surface area contributed by atoms with E-state index in [-0.39, 0.29) is 30.9 Å². The zero-order valence-electron chi connectivity index (χ0n) is 11.5. The van der Waals surface area contributed by atoms with Gasteiger partial charge in [-0.1, -0.05) is 11.2 Å². The summed E-state index contributed by atoms with van der Waals surface area (Å²) >= 11 is 0. The van der Waals surface area contributed by atoms with Gasteiger partial charge in [-0.25, -0.2) is 8.78 Å². The number of benzene rings is 1. The topological polar surface area (TPSA) is 68.0 Å². The third-order valence-corrected chi connectivity index (χ3v) is 2.89. The second-order valence-electron chi connectivity index (χ2n) is 4.54. The van der Waals surface area contributed by atoms with Gasteiger partial charge in [0.1, 0.15) is 11.6 Å². The van der Waals surface area contributed by atoms with E-state index in [1.54, 1.807) is 6.92 Å². The first-order valence-corrected chi connectivity index (χ1v) is 6.55. The quantitative estimate of drug-likeness (QED) is 0.884. The van der Waals surface area contributed by atoms with E-state index in [9.17, 15) is 13.6 Å². The summed E-state index contributed by atoms with van der Waals surface area (Å²) in [6.45, 7) is 1.86. The molecule has 1 aromatic heterocycles. The first-order valence-electron chi connectivity index (χ1n) is 6.55. The number of nitrogens with zero attached hydrogens (tertiary/aromatic N) is 2. The Balaban J connectivity index is 1.74. The summed E-state index contributed by atoms with van der Waals surface area (Å²) in [5.74, 6) is -0.540. The van der Waals surface area contributed by atoms with Gasteiger partial charge in [-0.3, -0.25) is 4.79 Å². The minimum Gasteiger partial charge on any atom is -0.356 e. The van der Waals surface area contributed by atoms with Crippen LogP contribution in [0.4, 0.5) is 8.78 Å². The number of aryl methyl sites for hydroxylation is 2. The Morgan fingerprint density at radius 3 is 2.62 bits per heavy atom. The maximum Gasteiger partial charge on any atom is 0.227 e. The number of amides is 1. The predicted octanol–water partition coefficient (Wildman–Crippen LogP) is 1.95. The number of halogens is 2. The molecule has 2 rings (SSSR count). The fraction of sp³-hybridized carbons (Fsp3) is 0.357. The van der Waals surface area contributed by atoms with Crippen molar-refractivity contribution in [2.75, 3.05) is 6.54 Å². The summed E-state index contributed by atoms with van der Waals surface area (Å²) in [6, 6.07) is 3.69. The number of carbonyl (C=O) groups excluding carboxylic acids is 1. The Morgan fingerprint density at radius 2 is 2.00 bits per heavy atom. The molecule has 0 saturated heterocycles. The fourth-order valence-corrected chi connectivity index (χ4v) is 1.85. The standard InChI is InChI=1S/C14H15F2N3O2/c1-9-18-14(21-19-9)6-5-13(20)17-8-7-10-11(15)3-2-4-12(10)16/h2-4H,5-8H2,1H3,(H,17,20). The molecule has 112 valence electrons. The molecular weight excluding hydrogens is 280 g/mol. The SMILES string of the molecule is Cc1noc(CCC(=O)NCCc2c(F)cccc2F)n1. The molecular formula is C14H15F2N3O2. The Morgan fingerprint density at radius 1 is 1.29 bits per heavy atom. The average molecular weight is 295 g/mol. The van der Waals surface area contributed by atoms with Gasteiger partial charge in [0.05, 0.1) is 0 Å². The van der Waals surface area contributed by atoms with E-state index in [0.717, 1.165) is 0 Å². The van der Waals surface area contributed by atoms with Gasteiger partial charge in [-0.15, -0.1) is 0 Å². The molecule has 1 heterocycles. The van der Waals surface area contributed by atoms with Gasteiger partial charge in [0.25, 0.3) is 0 Å². The predicted molar refractivity (Wildman–Crippen MR) is 70.4 cm³/mol. The van der Waals surface area contributed by atoms with Crippen LogP contribution in [0, 0.1) is 18.6 Å². The Bertz CT molecular complexity index is 608. The van der Waals surface area contributed by atoms with Crippen LogP contribution in [0.5, 0.6) is 0 Å². The molecule has 0 aliphatic carbocycles. The van der Waals surface area contributed by atoms with Gasteiger partial charge < -0.3 is 9.84 Å². The molecule has 7 heteroatoms. The van der Waals surface area contributed by atoms with Crippen molar-refractivity contribution in [3.8, 4) is 0 Å². The van der Waals surface area contributed by atoms with Crippen LogP contribution in [-0.4, -0.2) is 22.6 Å². The molecule has 0 aliphatic rings.